The molecule has 0 fully saturated rings. The zero-order valence-electron chi connectivity index (χ0n) is 19.9. The van der Waals surface area contributed by atoms with Crippen LogP contribution < -0.4 is 10.3 Å². The first-order valence-electron chi connectivity index (χ1n) is 11.3. The highest BCUT2D eigenvalue weighted by molar-refractivity contribution is 5.87. The molecule has 0 atom stereocenters. The summed E-state index contributed by atoms with van der Waals surface area (Å²) in [5.41, 5.74) is 2.10. The predicted octanol–water partition coefficient (Wildman–Crippen LogP) is 5.35. The number of hydrogen-bond acceptors (Lipinski definition) is 3. The molecule has 5 heteroatoms. The summed E-state index contributed by atoms with van der Waals surface area (Å²) in [5.74, 6) is 0.622. The molecule has 0 radical (unpaired) electrons. The van der Waals surface area contributed by atoms with Gasteiger partial charge in [0.25, 0.3) is 5.56 Å². The van der Waals surface area contributed by atoms with E-state index in [4.69, 9.17) is 4.74 Å². The molecular weight excluding hydrogens is 400 g/mol. The Bertz CT molecular complexity index is 1130. The Kier molecular flexibility index (Phi) is 7.39. The molecular formula is C27H34N2O3. The molecule has 1 heterocycles. The number of rotatable bonds is 8. The van der Waals surface area contributed by atoms with E-state index in [0.717, 1.165) is 23.8 Å². The summed E-state index contributed by atoms with van der Waals surface area (Å²) in [6.45, 7) is 9.97. The topological polar surface area (TPSA) is 51.5 Å². The molecule has 3 rings (SSSR count). The number of fused-ring (bicyclic) bond motifs is 1. The number of ether oxygens (including phenoxy) is 1. The number of methoxy groups -OCH3 is 1. The second-order valence-corrected chi connectivity index (χ2v) is 9.43. The van der Waals surface area contributed by atoms with Crippen molar-refractivity contribution in [2.45, 2.75) is 47.1 Å². The minimum absolute atomic E-state index is 0.00726. The maximum Gasteiger partial charge on any atom is 0.259 e. The first-order valence-corrected chi connectivity index (χ1v) is 11.3. The Morgan fingerprint density at radius 1 is 1.03 bits per heavy atom. The fourth-order valence-corrected chi connectivity index (χ4v) is 3.80. The lowest BCUT2D eigenvalue weighted by atomic mass is 9.92. The highest BCUT2D eigenvalue weighted by Crippen LogP contribution is 2.25. The van der Waals surface area contributed by atoms with Gasteiger partial charge in [-0.15, -0.1) is 0 Å². The summed E-state index contributed by atoms with van der Waals surface area (Å²) in [6, 6.07) is 17.1. The van der Waals surface area contributed by atoms with Crippen molar-refractivity contribution in [2.75, 3.05) is 20.2 Å². The van der Waals surface area contributed by atoms with E-state index in [0.29, 0.717) is 29.9 Å². The highest BCUT2D eigenvalue weighted by Gasteiger charge is 2.20. The lowest BCUT2D eigenvalue weighted by Gasteiger charge is -2.27. The Hall–Kier alpha value is -3.08. The van der Waals surface area contributed by atoms with Gasteiger partial charge in [-0.1, -0.05) is 58.0 Å². The van der Waals surface area contributed by atoms with E-state index in [1.807, 2.05) is 59.5 Å². The number of hydrogen-bond donors (Lipinski definition) is 0. The van der Waals surface area contributed by atoms with Gasteiger partial charge in [-0.25, -0.2) is 0 Å². The summed E-state index contributed by atoms with van der Waals surface area (Å²) < 4.78 is 6.99. The summed E-state index contributed by atoms with van der Waals surface area (Å²) in [7, 11) is 1.60. The fraction of sp³-hybridized carbons (Fsp3) is 0.407. The third kappa shape index (κ3) is 5.58. The molecule has 0 aliphatic carbocycles. The first-order chi connectivity index (χ1) is 15.2. The number of pyridine rings is 1. The van der Waals surface area contributed by atoms with Crippen LogP contribution in [0, 0.1) is 5.41 Å². The van der Waals surface area contributed by atoms with Crippen LogP contribution in [-0.4, -0.2) is 35.6 Å². The lowest BCUT2D eigenvalue weighted by molar-refractivity contribution is -0.132. The van der Waals surface area contributed by atoms with Gasteiger partial charge in [0, 0.05) is 24.7 Å². The van der Waals surface area contributed by atoms with Crippen molar-refractivity contribution < 1.29 is 9.53 Å². The molecule has 0 saturated heterocycles. The molecule has 3 aromatic rings. The molecule has 0 saturated carbocycles. The molecule has 5 nitrogen and oxygen atoms in total. The van der Waals surface area contributed by atoms with Gasteiger partial charge < -0.3 is 9.64 Å². The zero-order chi connectivity index (χ0) is 23.3. The predicted molar refractivity (Wildman–Crippen MR) is 131 cm³/mol. The van der Waals surface area contributed by atoms with Crippen molar-refractivity contribution in [3.63, 3.8) is 0 Å². The second kappa shape index (κ2) is 10.0. The number of aromatic nitrogens is 1. The zero-order valence-corrected chi connectivity index (χ0v) is 19.9. The van der Waals surface area contributed by atoms with Crippen LogP contribution >= 0.6 is 0 Å². The van der Waals surface area contributed by atoms with E-state index in [1.54, 1.807) is 11.7 Å². The van der Waals surface area contributed by atoms with Crippen molar-refractivity contribution in [1.82, 2.24) is 9.47 Å². The van der Waals surface area contributed by atoms with Gasteiger partial charge in [-0.3, -0.25) is 14.2 Å². The summed E-state index contributed by atoms with van der Waals surface area (Å²) >= 11 is 0. The summed E-state index contributed by atoms with van der Waals surface area (Å²) in [5, 5.41) is 0.897. The molecule has 170 valence electrons. The summed E-state index contributed by atoms with van der Waals surface area (Å²) in [4.78, 5) is 28.8. The van der Waals surface area contributed by atoms with Gasteiger partial charge in [0.2, 0.25) is 5.91 Å². The SMILES string of the molecule is CCCN(CCC(C)(C)C)C(=O)Cn1c(=O)c(-c2ccccc2)cc2ccc(OC)cc21. The van der Waals surface area contributed by atoms with Gasteiger partial charge >= 0.3 is 0 Å². The Balaban J connectivity index is 2.07. The van der Waals surface area contributed by atoms with Crippen LogP contribution in [0.2, 0.25) is 0 Å². The van der Waals surface area contributed by atoms with Gasteiger partial charge in [-0.05, 0) is 47.4 Å². The standard InChI is InChI=1S/C27H34N2O3/c1-6-15-28(16-14-27(2,3)4)25(30)19-29-24-18-22(32-5)13-12-21(24)17-23(26(29)31)20-10-8-7-9-11-20/h7-13,17-18H,6,14-16,19H2,1-5H3. The average Bonchev–Trinajstić information content (AvgIpc) is 2.77. The smallest absolute Gasteiger partial charge is 0.259 e. The summed E-state index contributed by atoms with van der Waals surface area (Å²) in [6.07, 6.45) is 1.79. The maximum atomic E-state index is 13.6. The molecule has 0 N–H and O–H groups in total. The second-order valence-electron chi connectivity index (χ2n) is 9.43. The quantitative estimate of drug-likeness (QED) is 0.480. The van der Waals surface area contributed by atoms with Crippen LogP contribution in [0.15, 0.2) is 59.4 Å². The average molecular weight is 435 g/mol. The Labute approximate surface area is 190 Å². The van der Waals surface area contributed by atoms with Crippen molar-refractivity contribution in [3.05, 3.63) is 65.0 Å². The maximum absolute atomic E-state index is 13.6. The molecule has 0 bridgehead atoms. The van der Waals surface area contributed by atoms with Gasteiger partial charge in [0.1, 0.15) is 12.3 Å². The van der Waals surface area contributed by atoms with E-state index in [2.05, 4.69) is 27.7 Å². The van der Waals surface area contributed by atoms with Crippen LogP contribution in [0.5, 0.6) is 5.75 Å². The van der Waals surface area contributed by atoms with Crippen molar-refractivity contribution >= 4 is 16.8 Å². The third-order valence-electron chi connectivity index (χ3n) is 5.66. The molecule has 2 aromatic carbocycles. The van der Waals surface area contributed by atoms with E-state index in [-0.39, 0.29) is 23.4 Å². The molecule has 0 aliphatic heterocycles. The number of carbonyl (C=O) groups excluding carboxylic acids is 1. The van der Waals surface area contributed by atoms with Crippen LogP contribution in [-0.2, 0) is 11.3 Å². The number of amides is 1. The minimum atomic E-state index is -0.169. The first kappa shape index (κ1) is 23.6. The van der Waals surface area contributed by atoms with Crippen molar-refractivity contribution in [2.24, 2.45) is 5.41 Å². The van der Waals surface area contributed by atoms with Gasteiger partial charge in [-0.2, -0.15) is 0 Å². The van der Waals surface area contributed by atoms with Crippen LogP contribution in [0.4, 0.5) is 0 Å². The van der Waals surface area contributed by atoms with Crippen LogP contribution in [0.3, 0.4) is 0 Å². The lowest BCUT2D eigenvalue weighted by Crippen LogP contribution is -2.39. The van der Waals surface area contributed by atoms with E-state index >= 15 is 0 Å². The fourth-order valence-electron chi connectivity index (χ4n) is 3.80. The van der Waals surface area contributed by atoms with Crippen LogP contribution in [0.25, 0.3) is 22.0 Å². The molecule has 0 unspecified atom stereocenters. The highest BCUT2D eigenvalue weighted by atomic mass is 16.5. The molecule has 32 heavy (non-hydrogen) atoms. The van der Waals surface area contributed by atoms with E-state index < -0.39 is 0 Å². The van der Waals surface area contributed by atoms with Crippen molar-refractivity contribution in [3.8, 4) is 16.9 Å². The molecule has 0 aliphatic rings. The van der Waals surface area contributed by atoms with Crippen molar-refractivity contribution in [1.29, 1.82) is 0 Å². The van der Waals surface area contributed by atoms with E-state index in [9.17, 15) is 9.59 Å². The number of carbonyl (C=O) groups is 1. The largest absolute Gasteiger partial charge is 0.497 e. The molecule has 1 amide bonds. The Morgan fingerprint density at radius 3 is 2.38 bits per heavy atom. The van der Waals surface area contributed by atoms with Crippen LogP contribution in [0.1, 0.15) is 40.5 Å². The van der Waals surface area contributed by atoms with Gasteiger partial charge in [0.05, 0.1) is 12.6 Å². The third-order valence-corrected chi connectivity index (χ3v) is 5.66. The Morgan fingerprint density at radius 2 is 1.75 bits per heavy atom. The minimum Gasteiger partial charge on any atom is -0.497 e. The van der Waals surface area contributed by atoms with Gasteiger partial charge in [0.15, 0.2) is 0 Å². The number of nitrogens with zero attached hydrogens (tertiary/aromatic N) is 2. The number of benzene rings is 2. The molecule has 0 spiro atoms. The normalized spacial score (nSPS) is 11.5. The monoisotopic (exact) mass is 434 g/mol. The molecule has 1 aromatic heterocycles. The van der Waals surface area contributed by atoms with E-state index in [1.165, 1.54) is 0 Å².